The lowest BCUT2D eigenvalue weighted by Crippen LogP contribution is -2.27. The number of nitrogens with two attached hydrogens (primary N) is 1. The fourth-order valence-electron chi connectivity index (χ4n) is 1.79. The van der Waals surface area contributed by atoms with Crippen LogP contribution in [-0.4, -0.2) is 21.3 Å². The number of nitrogens with zero attached hydrogens (tertiary/aromatic N) is 2. The van der Waals surface area contributed by atoms with Gasteiger partial charge in [0.1, 0.15) is 0 Å². The Morgan fingerprint density at radius 1 is 1.62 bits per heavy atom. The van der Waals surface area contributed by atoms with Gasteiger partial charge in [0.15, 0.2) is 11.6 Å². The SMILES string of the molecule is Nc1nc(=O)n(C2C=CC(CO)C2)cc1F. The molecule has 0 amide bonds. The Labute approximate surface area is 91.0 Å². The zero-order chi connectivity index (χ0) is 11.7. The third-order valence-corrected chi connectivity index (χ3v) is 2.68. The van der Waals surface area contributed by atoms with Crippen LogP contribution in [0.2, 0.25) is 0 Å². The molecule has 2 rings (SSSR count). The van der Waals surface area contributed by atoms with Gasteiger partial charge >= 0.3 is 5.69 Å². The van der Waals surface area contributed by atoms with E-state index in [2.05, 4.69) is 4.98 Å². The molecule has 1 aliphatic rings. The fourth-order valence-corrected chi connectivity index (χ4v) is 1.79. The van der Waals surface area contributed by atoms with E-state index in [1.807, 2.05) is 6.08 Å². The van der Waals surface area contributed by atoms with Crippen molar-refractivity contribution in [2.45, 2.75) is 12.5 Å². The maximum Gasteiger partial charge on any atom is 0.350 e. The van der Waals surface area contributed by atoms with Crippen LogP contribution in [0.3, 0.4) is 0 Å². The highest BCUT2D eigenvalue weighted by molar-refractivity contribution is 5.27. The molecule has 1 aromatic heterocycles. The van der Waals surface area contributed by atoms with Crippen LogP contribution in [0.25, 0.3) is 0 Å². The van der Waals surface area contributed by atoms with Crippen molar-refractivity contribution in [1.29, 1.82) is 0 Å². The molecule has 16 heavy (non-hydrogen) atoms. The first-order valence-electron chi connectivity index (χ1n) is 4.95. The van der Waals surface area contributed by atoms with Crippen molar-refractivity contribution < 1.29 is 9.50 Å². The van der Waals surface area contributed by atoms with Crippen LogP contribution in [-0.2, 0) is 0 Å². The van der Waals surface area contributed by atoms with Gasteiger partial charge in [-0.05, 0) is 6.42 Å². The molecular weight excluding hydrogens is 213 g/mol. The summed E-state index contributed by atoms with van der Waals surface area (Å²) in [5.74, 6) is -1.08. The molecule has 0 aliphatic heterocycles. The second-order valence-corrected chi connectivity index (χ2v) is 3.79. The normalized spacial score (nSPS) is 23.9. The molecule has 0 saturated carbocycles. The minimum Gasteiger partial charge on any atom is -0.396 e. The molecule has 0 aromatic carbocycles. The standard InChI is InChI=1S/C10H12FN3O2/c11-8-4-14(10(16)13-9(8)12)7-2-1-6(3-7)5-15/h1-2,4,6-7,15H,3,5H2,(H2,12,13,16). The highest BCUT2D eigenvalue weighted by Gasteiger charge is 2.21. The molecule has 0 fully saturated rings. The minimum absolute atomic E-state index is 0.0116. The zero-order valence-electron chi connectivity index (χ0n) is 8.51. The lowest BCUT2D eigenvalue weighted by atomic mass is 10.1. The van der Waals surface area contributed by atoms with Crippen LogP contribution in [0, 0.1) is 11.7 Å². The topological polar surface area (TPSA) is 81.1 Å². The molecule has 3 N–H and O–H groups in total. The van der Waals surface area contributed by atoms with E-state index in [4.69, 9.17) is 10.8 Å². The van der Waals surface area contributed by atoms with Crippen molar-refractivity contribution >= 4 is 5.82 Å². The molecule has 2 atom stereocenters. The van der Waals surface area contributed by atoms with Crippen molar-refractivity contribution in [2.24, 2.45) is 5.92 Å². The Morgan fingerprint density at radius 3 is 3.00 bits per heavy atom. The Balaban J connectivity index is 2.33. The molecule has 1 heterocycles. The molecule has 2 unspecified atom stereocenters. The fraction of sp³-hybridized carbons (Fsp3) is 0.400. The van der Waals surface area contributed by atoms with Gasteiger partial charge in [0.2, 0.25) is 0 Å². The van der Waals surface area contributed by atoms with Crippen molar-refractivity contribution in [1.82, 2.24) is 9.55 Å². The van der Waals surface area contributed by atoms with Crippen LogP contribution >= 0.6 is 0 Å². The molecule has 0 radical (unpaired) electrons. The Bertz CT molecular complexity index is 483. The highest BCUT2D eigenvalue weighted by atomic mass is 19.1. The summed E-state index contributed by atoms with van der Waals surface area (Å²) in [7, 11) is 0. The summed E-state index contributed by atoms with van der Waals surface area (Å²) in [6.45, 7) is 0.0205. The van der Waals surface area contributed by atoms with Crippen LogP contribution in [0.1, 0.15) is 12.5 Å². The van der Waals surface area contributed by atoms with Crippen LogP contribution in [0.15, 0.2) is 23.1 Å². The van der Waals surface area contributed by atoms with Gasteiger partial charge in [-0.3, -0.25) is 4.57 Å². The van der Waals surface area contributed by atoms with Gasteiger partial charge in [-0.15, -0.1) is 0 Å². The smallest absolute Gasteiger partial charge is 0.350 e. The van der Waals surface area contributed by atoms with E-state index >= 15 is 0 Å². The summed E-state index contributed by atoms with van der Waals surface area (Å²) in [5, 5.41) is 8.95. The van der Waals surface area contributed by atoms with Crippen molar-refractivity contribution in [3.63, 3.8) is 0 Å². The largest absolute Gasteiger partial charge is 0.396 e. The minimum atomic E-state index is -0.708. The summed E-state index contributed by atoms with van der Waals surface area (Å²) < 4.78 is 14.4. The summed E-state index contributed by atoms with van der Waals surface area (Å²) in [6.07, 6.45) is 5.20. The van der Waals surface area contributed by atoms with E-state index in [-0.39, 0.29) is 24.4 Å². The maximum absolute atomic E-state index is 13.2. The lowest BCUT2D eigenvalue weighted by Gasteiger charge is -2.13. The van der Waals surface area contributed by atoms with Gasteiger partial charge in [0.25, 0.3) is 0 Å². The Kier molecular flexibility index (Phi) is 2.74. The molecule has 6 heteroatoms. The molecule has 0 saturated heterocycles. The number of hydrogen-bond acceptors (Lipinski definition) is 4. The van der Waals surface area contributed by atoms with Crippen molar-refractivity contribution in [2.75, 3.05) is 12.3 Å². The highest BCUT2D eigenvalue weighted by Crippen LogP contribution is 2.26. The first kappa shape index (κ1) is 10.8. The van der Waals surface area contributed by atoms with Gasteiger partial charge in [-0.25, -0.2) is 9.18 Å². The number of hydrogen-bond donors (Lipinski definition) is 2. The van der Waals surface area contributed by atoms with Gasteiger partial charge in [0, 0.05) is 18.7 Å². The van der Waals surface area contributed by atoms with E-state index < -0.39 is 11.5 Å². The molecule has 5 nitrogen and oxygen atoms in total. The van der Waals surface area contributed by atoms with Gasteiger partial charge in [-0.1, -0.05) is 12.2 Å². The summed E-state index contributed by atoms with van der Waals surface area (Å²) in [4.78, 5) is 14.9. The zero-order valence-corrected chi connectivity index (χ0v) is 8.51. The van der Waals surface area contributed by atoms with Crippen LogP contribution in [0.5, 0.6) is 0 Å². The third kappa shape index (κ3) is 1.83. The van der Waals surface area contributed by atoms with Gasteiger partial charge < -0.3 is 10.8 Å². The predicted octanol–water partition coefficient (Wildman–Crippen LogP) is 0.0741. The Hall–Kier alpha value is -1.69. The third-order valence-electron chi connectivity index (χ3n) is 2.68. The monoisotopic (exact) mass is 225 g/mol. The number of halogens is 1. The summed E-state index contributed by atoms with van der Waals surface area (Å²) in [5.41, 5.74) is 4.61. The quantitative estimate of drug-likeness (QED) is 0.698. The maximum atomic E-state index is 13.2. The van der Waals surface area contributed by atoms with E-state index in [1.165, 1.54) is 4.57 Å². The summed E-state index contributed by atoms with van der Waals surface area (Å²) >= 11 is 0. The Morgan fingerprint density at radius 2 is 2.38 bits per heavy atom. The molecule has 1 aromatic rings. The van der Waals surface area contributed by atoms with Crippen LogP contribution in [0.4, 0.5) is 10.2 Å². The predicted molar refractivity (Wildman–Crippen MR) is 56.2 cm³/mol. The first-order chi connectivity index (χ1) is 7.61. The van der Waals surface area contributed by atoms with Crippen LogP contribution < -0.4 is 11.4 Å². The second-order valence-electron chi connectivity index (χ2n) is 3.79. The number of rotatable bonds is 2. The molecular formula is C10H12FN3O2. The average Bonchev–Trinajstić information content (AvgIpc) is 2.71. The number of aromatic nitrogens is 2. The lowest BCUT2D eigenvalue weighted by molar-refractivity contribution is 0.243. The number of anilines is 1. The number of nitrogen functional groups attached to an aromatic ring is 1. The average molecular weight is 225 g/mol. The first-order valence-corrected chi connectivity index (χ1v) is 4.95. The number of allylic oxidation sites excluding steroid dienone is 1. The number of aliphatic hydroxyl groups excluding tert-OH is 1. The van der Waals surface area contributed by atoms with Crippen molar-refractivity contribution in [3.8, 4) is 0 Å². The molecule has 86 valence electrons. The van der Waals surface area contributed by atoms with E-state index in [1.54, 1.807) is 6.08 Å². The van der Waals surface area contributed by atoms with Gasteiger partial charge in [-0.2, -0.15) is 4.98 Å². The second kappa shape index (κ2) is 4.05. The van der Waals surface area contributed by atoms with E-state index in [0.29, 0.717) is 6.42 Å². The van der Waals surface area contributed by atoms with Gasteiger partial charge in [0.05, 0.1) is 6.04 Å². The van der Waals surface area contributed by atoms with E-state index in [0.717, 1.165) is 6.20 Å². The molecule has 1 aliphatic carbocycles. The molecule has 0 spiro atoms. The summed E-state index contributed by atoms with van der Waals surface area (Å²) in [6, 6.07) is -0.257. The van der Waals surface area contributed by atoms with E-state index in [9.17, 15) is 9.18 Å². The van der Waals surface area contributed by atoms with Crippen molar-refractivity contribution in [3.05, 3.63) is 34.7 Å². The number of aliphatic hydroxyl groups is 1. The molecule has 0 bridgehead atoms.